The largest absolute Gasteiger partial charge is 0.497 e. The Morgan fingerprint density at radius 1 is 1.20 bits per heavy atom. The molecule has 5 heteroatoms. The monoisotopic (exact) mass is 346 g/mol. The van der Waals surface area contributed by atoms with Crippen molar-refractivity contribution in [1.29, 1.82) is 0 Å². The molecule has 1 unspecified atom stereocenters. The summed E-state index contributed by atoms with van der Waals surface area (Å²) in [5.41, 5.74) is 0.889. The summed E-state index contributed by atoms with van der Waals surface area (Å²) >= 11 is 0. The molecule has 25 heavy (non-hydrogen) atoms. The van der Waals surface area contributed by atoms with Crippen LogP contribution < -0.4 is 14.8 Å². The van der Waals surface area contributed by atoms with Gasteiger partial charge in [0.25, 0.3) is 0 Å². The minimum Gasteiger partial charge on any atom is -0.497 e. The maximum absolute atomic E-state index is 12.3. The summed E-state index contributed by atoms with van der Waals surface area (Å²) in [4.78, 5) is 15.0. The lowest BCUT2D eigenvalue weighted by atomic mass is 10.1. The fraction of sp³-hybridized carbons (Fsp3) is 0.650. The van der Waals surface area contributed by atoms with Gasteiger partial charge in [-0.25, -0.2) is 0 Å². The number of hydrogen-bond acceptors (Lipinski definition) is 4. The number of methoxy groups -OCH3 is 2. The second-order valence-electron chi connectivity index (χ2n) is 7.25. The fourth-order valence-corrected chi connectivity index (χ4v) is 4.12. The molecule has 1 N–H and O–H groups in total. The number of nitrogens with one attached hydrogen (secondary N) is 1. The van der Waals surface area contributed by atoms with E-state index < -0.39 is 0 Å². The van der Waals surface area contributed by atoms with Crippen molar-refractivity contribution in [2.75, 3.05) is 33.9 Å². The molecule has 0 radical (unpaired) electrons. The topological polar surface area (TPSA) is 50.8 Å². The van der Waals surface area contributed by atoms with Gasteiger partial charge in [-0.05, 0) is 37.8 Å². The van der Waals surface area contributed by atoms with Crippen molar-refractivity contribution in [2.24, 2.45) is 5.92 Å². The summed E-state index contributed by atoms with van der Waals surface area (Å²) < 4.78 is 10.6. The molecular weight excluding hydrogens is 316 g/mol. The van der Waals surface area contributed by atoms with Crippen LogP contribution in [0.3, 0.4) is 0 Å². The smallest absolute Gasteiger partial charge is 0.224 e. The molecule has 1 aliphatic carbocycles. The van der Waals surface area contributed by atoms with Crippen LogP contribution in [0.25, 0.3) is 0 Å². The number of likely N-dealkylation sites (tertiary alicyclic amines) is 1. The maximum atomic E-state index is 12.3. The standard InChI is InChI=1S/C20H30N2O3/c1-24-18-8-7-16(19(12-18)25-2)11-20(23)21-13-15-9-10-22(14-15)17-5-3-4-6-17/h7-8,12,15,17H,3-6,9-11,13-14H2,1-2H3,(H,21,23). The first kappa shape index (κ1) is 18.1. The van der Waals surface area contributed by atoms with E-state index >= 15 is 0 Å². The van der Waals surface area contributed by atoms with Crippen molar-refractivity contribution in [3.63, 3.8) is 0 Å². The predicted molar refractivity (Wildman–Crippen MR) is 98.2 cm³/mol. The molecule has 2 fully saturated rings. The summed E-state index contributed by atoms with van der Waals surface area (Å²) in [6.45, 7) is 3.11. The quantitative estimate of drug-likeness (QED) is 0.825. The lowest BCUT2D eigenvalue weighted by Crippen LogP contribution is -2.34. The van der Waals surface area contributed by atoms with Gasteiger partial charge >= 0.3 is 0 Å². The van der Waals surface area contributed by atoms with E-state index in [1.165, 1.54) is 38.6 Å². The van der Waals surface area contributed by atoms with E-state index in [4.69, 9.17) is 9.47 Å². The zero-order valence-corrected chi connectivity index (χ0v) is 15.4. The van der Waals surface area contributed by atoms with E-state index in [9.17, 15) is 4.79 Å². The molecule has 1 amide bonds. The zero-order chi connectivity index (χ0) is 17.6. The summed E-state index contributed by atoms with van der Waals surface area (Å²) in [5.74, 6) is 2.08. The predicted octanol–water partition coefficient (Wildman–Crippen LogP) is 2.63. The highest BCUT2D eigenvalue weighted by Crippen LogP contribution is 2.28. The number of hydrogen-bond donors (Lipinski definition) is 1. The van der Waals surface area contributed by atoms with Crippen molar-refractivity contribution >= 4 is 5.91 Å². The zero-order valence-electron chi connectivity index (χ0n) is 15.4. The van der Waals surface area contributed by atoms with Crippen molar-refractivity contribution in [2.45, 2.75) is 44.6 Å². The first-order valence-corrected chi connectivity index (χ1v) is 9.41. The molecule has 0 aromatic heterocycles. The Balaban J connectivity index is 1.45. The van der Waals surface area contributed by atoms with Gasteiger partial charge in [0.15, 0.2) is 0 Å². The van der Waals surface area contributed by atoms with Crippen LogP contribution in [0.4, 0.5) is 0 Å². The van der Waals surface area contributed by atoms with E-state index in [1.807, 2.05) is 18.2 Å². The highest BCUT2D eigenvalue weighted by Gasteiger charge is 2.29. The normalized spacial score (nSPS) is 21.4. The molecule has 1 aliphatic heterocycles. The highest BCUT2D eigenvalue weighted by atomic mass is 16.5. The van der Waals surface area contributed by atoms with E-state index in [0.717, 1.165) is 30.4 Å². The van der Waals surface area contributed by atoms with E-state index in [0.29, 0.717) is 18.1 Å². The number of ether oxygens (including phenoxy) is 2. The number of carbonyl (C=O) groups excluding carboxylic acids is 1. The van der Waals surface area contributed by atoms with Crippen LogP contribution in [0, 0.1) is 5.92 Å². The lowest BCUT2D eigenvalue weighted by Gasteiger charge is -2.23. The van der Waals surface area contributed by atoms with Gasteiger partial charge in [-0.2, -0.15) is 0 Å². The molecule has 5 nitrogen and oxygen atoms in total. The number of rotatable bonds is 7. The lowest BCUT2D eigenvalue weighted by molar-refractivity contribution is -0.120. The average molecular weight is 346 g/mol. The second-order valence-corrected chi connectivity index (χ2v) is 7.25. The second kappa shape index (κ2) is 8.56. The molecule has 0 spiro atoms. The molecule has 138 valence electrons. The van der Waals surface area contributed by atoms with Crippen LogP contribution in [-0.2, 0) is 11.2 Å². The molecule has 1 atom stereocenters. The third-order valence-electron chi connectivity index (χ3n) is 5.59. The first-order chi connectivity index (χ1) is 12.2. The van der Waals surface area contributed by atoms with Gasteiger partial charge in [0.2, 0.25) is 5.91 Å². The Hall–Kier alpha value is -1.75. The van der Waals surface area contributed by atoms with Crippen LogP contribution in [0.15, 0.2) is 18.2 Å². The van der Waals surface area contributed by atoms with E-state index in [-0.39, 0.29) is 5.91 Å². The molecule has 1 aromatic rings. The third kappa shape index (κ3) is 4.66. The SMILES string of the molecule is COc1ccc(CC(=O)NCC2CCN(C3CCCC3)C2)c(OC)c1. The Bertz CT molecular complexity index is 584. The fourth-order valence-electron chi connectivity index (χ4n) is 4.12. The molecule has 1 aromatic carbocycles. The number of nitrogens with zero attached hydrogens (tertiary/aromatic N) is 1. The number of benzene rings is 1. The van der Waals surface area contributed by atoms with Crippen molar-refractivity contribution in [1.82, 2.24) is 10.2 Å². The van der Waals surface area contributed by atoms with Gasteiger partial charge < -0.3 is 19.7 Å². The molecule has 2 aliphatic rings. The Kier molecular flexibility index (Phi) is 6.19. The number of amides is 1. The van der Waals surface area contributed by atoms with Crippen molar-refractivity contribution in [3.05, 3.63) is 23.8 Å². The minimum atomic E-state index is 0.0581. The molecule has 3 rings (SSSR count). The van der Waals surface area contributed by atoms with Gasteiger partial charge in [-0.3, -0.25) is 4.79 Å². The molecule has 1 saturated heterocycles. The van der Waals surface area contributed by atoms with Gasteiger partial charge in [-0.15, -0.1) is 0 Å². The van der Waals surface area contributed by atoms with Gasteiger partial charge in [0.05, 0.1) is 20.6 Å². The summed E-state index contributed by atoms with van der Waals surface area (Å²) in [5, 5.41) is 3.11. The van der Waals surface area contributed by atoms with E-state index in [2.05, 4.69) is 10.2 Å². The number of carbonyl (C=O) groups is 1. The Morgan fingerprint density at radius 3 is 2.72 bits per heavy atom. The van der Waals surface area contributed by atoms with Crippen molar-refractivity contribution in [3.8, 4) is 11.5 Å². The molecule has 1 heterocycles. The molecule has 0 bridgehead atoms. The first-order valence-electron chi connectivity index (χ1n) is 9.41. The van der Waals surface area contributed by atoms with Crippen LogP contribution in [0.2, 0.25) is 0 Å². The minimum absolute atomic E-state index is 0.0581. The Morgan fingerprint density at radius 2 is 2.00 bits per heavy atom. The van der Waals surface area contributed by atoms with Crippen LogP contribution in [0.1, 0.15) is 37.7 Å². The molecule has 1 saturated carbocycles. The van der Waals surface area contributed by atoms with Gasteiger partial charge in [0, 0.05) is 30.8 Å². The summed E-state index contributed by atoms with van der Waals surface area (Å²) in [7, 11) is 3.24. The van der Waals surface area contributed by atoms with Gasteiger partial charge in [0.1, 0.15) is 11.5 Å². The van der Waals surface area contributed by atoms with E-state index in [1.54, 1.807) is 14.2 Å². The van der Waals surface area contributed by atoms with Crippen LogP contribution >= 0.6 is 0 Å². The summed E-state index contributed by atoms with van der Waals surface area (Å²) in [6, 6.07) is 6.37. The maximum Gasteiger partial charge on any atom is 0.224 e. The third-order valence-corrected chi connectivity index (χ3v) is 5.59. The average Bonchev–Trinajstić information content (AvgIpc) is 3.31. The Labute approximate surface area is 150 Å². The molecular formula is C20H30N2O3. The van der Waals surface area contributed by atoms with Crippen LogP contribution in [0.5, 0.6) is 11.5 Å². The van der Waals surface area contributed by atoms with Crippen molar-refractivity contribution < 1.29 is 14.3 Å². The van der Waals surface area contributed by atoms with Gasteiger partial charge in [-0.1, -0.05) is 18.9 Å². The highest BCUT2D eigenvalue weighted by molar-refractivity contribution is 5.79. The summed E-state index contributed by atoms with van der Waals surface area (Å²) in [6.07, 6.45) is 7.01. The van der Waals surface area contributed by atoms with Crippen LogP contribution in [-0.4, -0.2) is 50.7 Å².